The van der Waals surface area contributed by atoms with Gasteiger partial charge >= 0.3 is 0 Å². The third-order valence-corrected chi connectivity index (χ3v) is 6.71. The fraction of sp³-hybridized carbons (Fsp3) is 0.538. The molecule has 0 radical (unpaired) electrons. The lowest BCUT2D eigenvalue weighted by Crippen LogP contribution is -2.13. The van der Waals surface area contributed by atoms with Crippen LogP contribution in [0, 0.1) is 5.92 Å². The Labute approximate surface area is 110 Å². The van der Waals surface area contributed by atoms with Crippen molar-refractivity contribution in [1.82, 2.24) is 0 Å². The van der Waals surface area contributed by atoms with Crippen LogP contribution in [0.4, 0.5) is 0 Å². The van der Waals surface area contributed by atoms with Gasteiger partial charge in [-0.2, -0.15) is 35.3 Å². The summed E-state index contributed by atoms with van der Waals surface area (Å²) < 4.78 is 0. The topological polar surface area (TPSA) is 0 Å². The zero-order valence-electron chi connectivity index (χ0n) is 9.28. The highest BCUT2D eigenvalue weighted by Gasteiger charge is 2.15. The predicted octanol–water partition coefficient (Wildman–Crippen LogP) is 4.03. The minimum atomic E-state index is 0.915. The van der Waals surface area contributed by atoms with E-state index in [1.807, 2.05) is 0 Å². The average molecular weight is 268 g/mol. The van der Waals surface area contributed by atoms with Crippen LogP contribution in [-0.2, 0) is 17.3 Å². The van der Waals surface area contributed by atoms with Crippen LogP contribution in [0.1, 0.15) is 16.7 Å². The molecular formula is C13H16S3. The highest BCUT2D eigenvalue weighted by atomic mass is 32.2. The molecule has 0 saturated carbocycles. The van der Waals surface area contributed by atoms with Crippen molar-refractivity contribution in [3.8, 4) is 0 Å². The molecule has 0 fully saturated rings. The lowest BCUT2D eigenvalue weighted by molar-refractivity contribution is 0.776. The van der Waals surface area contributed by atoms with Gasteiger partial charge in [-0.15, -0.1) is 0 Å². The Morgan fingerprint density at radius 2 is 1.06 bits per heavy atom. The maximum Gasteiger partial charge on any atom is 0.0184 e. The minimum Gasteiger partial charge on any atom is -0.157 e. The van der Waals surface area contributed by atoms with Gasteiger partial charge in [0.25, 0.3) is 0 Å². The summed E-state index contributed by atoms with van der Waals surface area (Å²) in [5.41, 5.74) is 4.63. The Bertz CT molecular complexity index is 306. The van der Waals surface area contributed by atoms with Crippen molar-refractivity contribution >= 4 is 35.3 Å². The highest BCUT2D eigenvalue weighted by Crippen LogP contribution is 2.31. The maximum atomic E-state index is 2.41. The second kappa shape index (κ2) is 5.28. The fourth-order valence-electron chi connectivity index (χ4n) is 2.26. The molecule has 0 aliphatic carbocycles. The molecular weight excluding hydrogens is 252 g/mol. The molecule has 16 heavy (non-hydrogen) atoms. The van der Waals surface area contributed by atoms with E-state index in [1.165, 1.54) is 34.5 Å². The monoisotopic (exact) mass is 268 g/mol. The smallest absolute Gasteiger partial charge is 0.0184 e. The maximum absolute atomic E-state index is 2.41. The molecule has 3 heteroatoms. The molecule has 3 aliphatic rings. The van der Waals surface area contributed by atoms with Gasteiger partial charge in [-0.1, -0.05) is 18.2 Å². The van der Waals surface area contributed by atoms with Crippen LogP contribution in [0.5, 0.6) is 0 Å². The van der Waals surface area contributed by atoms with Crippen molar-refractivity contribution in [3.05, 3.63) is 34.9 Å². The first-order valence-electron chi connectivity index (χ1n) is 5.75. The second-order valence-corrected chi connectivity index (χ2v) is 7.66. The van der Waals surface area contributed by atoms with E-state index < -0.39 is 0 Å². The van der Waals surface area contributed by atoms with Crippen LogP contribution in [0.15, 0.2) is 18.2 Å². The lowest BCUT2D eigenvalue weighted by atomic mass is 10.1. The van der Waals surface area contributed by atoms with Crippen LogP contribution in [-0.4, -0.2) is 17.3 Å². The van der Waals surface area contributed by atoms with Crippen LogP contribution < -0.4 is 0 Å². The SMILES string of the molecule is c1c2cc3cc1CSCC(CSC2)CSC3. The molecule has 0 aromatic heterocycles. The van der Waals surface area contributed by atoms with Crippen LogP contribution in [0.3, 0.4) is 0 Å². The molecule has 3 heterocycles. The van der Waals surface area contributed by atoms with Crippen molar-refractivity contribution in [2.75, 3.05) is 17.3 Å². The Morgan fingerprint density at radius 3 is 1.44 bits per heavy atom. The molecule has 0 unspecified atom stereocenters. The molecule has 0 N–H and O–H groups in total. The zero-order valence-corrected chi connectivity index (χ0v) is 11.7. The highest BCUT2D eigenvalue weighted by molar-refractivity contribution is 8.00. The first-order valence-corrected chi connectivity index (χ1v) is 9.21. The molecule has 1 aromatic carbocycles. The van der Waals surface area contributed by atoms with E-state index in [2.05, 4.69) is 53.5 Å². The number of hydrogen-bond donors (Lipinski definition) is 0. The van der Waals surface area contributed by atoms with Crippen LogP contribution >= 0.6 is 35.3 Å². The van der Waals surface area contributed by atoms with Crippen LogP contribution in [0.25, 0.3) is 0 Å². The number of rotatable bonds is 0. The molecule has 4 bridgehead atoms. The number of fused-ring (bicyclic) bond motifs is 6. The Kier molecular flexibility index (Phi) is 3.75. The van der Waals surface area contributed by atoms with E-state index in [-0.39, 0.29) is 0 Å². The summed E-state index contributed by atoms with van der Waals surface area (Å²) in [6.07, 6.45) is 0. The lowest BCUT2D eigenvalue weighted by Gasteiger charge is -2.21. The molecule has 0 spiro atoms. The molecule has 0 atom stereocenters. The molecule has 0 amide bonds. The molecule has 0 nitrogen and oxygen atoms in total. The predicted molar refractivity (Wildman–Crippen MR) is 78.4 cm³/mol. The van der Waals surface area contributed by atoms with E-state index in [9.17, 15) is 0 Å². The van der Waals surface area contributed by atoms with Gasteiger partial charge in [-0.3, -0.25) is 0 Å². The van der Waals surface area contributed by atoms with Crippen molar-refractivity contribution < 1.29 is 0 Å². The zero-order chi connectivity index (χ0) is 10.8. The van der Waals surface area contributed by atoms with Crippen molar-refractivity contribution in [3.63, 3.8) is 0 Å². The van der Waals surface area contributed by atoms with Crippen molar-refractivity contribution in [1.29, 1.82) is 0 Å². The van der Waals surface area contributed by atoms with E-state index in [4.69, 9.17) is 0 Å². The Morgan fingerprint density at radius 1 is 0.688 bits per heavy atom. The second-order valence-electron chi connectivity index (χ2n) is 4.57. The van der Waals surface area contributed by atoms with Gasteiger partial charge in [-0.25, -0.2) is 0 Å². The van der Waals surface area contributed by atoms with Gasteiger partial charge in [0, 0.05) is 17.3 Å². The summed E-state index contributed by atoms with van der Waals surface area (Å²) in [5.74, 6) is 8.60. The van der Waals surface area contributed by atoms with Gasteiger partial charge in [0.05, 0.1) is 0 Å². The average Bonchev–Trinajstić information content (AvgIpc) is 2.28. The van der Waals surface area contributed by atoms with Gasteiger partial charge in [0.15, 0.2) is 0 Å². The molecule has 1 aromatic rings. The quantitative estimate of drug-likeness (QED) is 0.697. The normalized spacial score (nSPS) is 21.8. The first-order chi connectivity index (χ1) is 7.90. The molecule has 3 aliphatic heterocycles. The van der Waals surface area contributed by atoms with Gasteiger partial charge in [0.2, 0.25) is 0 Å². The fourth-order valence-corrected chi connectivity index (χ4v) is 5.98. The largest absolute Gasteiger partial charge is 0.157 e. The summed E-state index contributed by atoms with van der Waals surface area (Å²) in [7, 11) is 0. The van der Waals surface area contributed by atoms with Gasteiger partial charge in [-0.05, 0) is 39.9 Å². The summed E-state index contributed by atoms with van der Waals surface area (Å²) in [6.45, 7) is 0. The van der Waals surface area contributed by atoms with Crippen molar-refractivity contribution in [2.45, 2.75) is 17.3 Å². The summed E-state index contributed by atoms with van der Waals surface area (Å²) in [6, 6.07) is 7.24. The number of benzene rings is 1. The van der Waals surface area contributed by atoms with E-state index in [0.717, 1.165) is 5.92 Å². The van der Waals surface area contributed by atoms with Gasteiger partial charge in [0.1, 0.15) is 0 Å². The van der Waals surface area contributed by atoms with Gasteiger partial charge < -0.3 is 0 Å². The third-order valence-electron chi connectivity index (χ3n) is 2.98. The van der Waals surface area contributed by atoms with E-state index in [0.29, 0.717) is 0 Å². The molecule has 4 rings (SSSR count). The Balaban J connectivity index is 1.99. The first kappa shape index (κ1) is 11.4. The summed E-state index contributed by atoms with van der Waals surface area (Å²) in [4.78, 5) is 0. The Hall–Kier alpha value is 0.270. The third kappa shape index (κ3) is 2.74. The minimum absolute atomic E-state index is 0.915. The standard InChI is InChI=1S/C13H16S3/c1-10-2-12-3-11(1)5-15-8-13(7-14-4-10)9-16-6-12/h1-3,13H,4-9H2. The van der Waals surface area contributed by atoms with E-state index >= 15 is 0 Å². The summed E-state index contributed by atoms with van der Waals surface area (Å²) >= 11 is 6.37. The van der Waals surface area contributed by atoms with Crippen LogP contribution in [0.2, 0.25) is 0 Å². The van der Waals surface area contributed by atoms with E-state index in [1.54, 1.807) is 16.7 Å². The summed E-state index contributed by atoms with van der Waals surface area (Å²) in [5, 5.41) is 0. The van der Waals surface area contributed by atoms with Crippen molar-refractivity contribution in [2.24, 2.45) is 5.92 Å². The number of thioether (sulfide) groups is 3. The molecule has 0 saturated heterocycles. The number of hydrogen-bond acceptors (Lipinski definition) is 3. The molecule has 86 valence electrons.